The molecule has 0 saturated carbocycles. The van der Waals surface area contributed by atoms with Gasteiger partial charge in [-0.25, -0.2) is 0 Å². The molecule has 2 fully saturated rings. The molecular formula is C13H16N4O4. The van der Waals surface area contributed by atoms with Crippen molar-refractivity contribution in [2.24, 2.45) is 0 Å². The summed E-state index contributed by atoms with van der Waals surface area (Å²) in [6.07, 6.45) is 2.28. The van der Waals surface area contributed by atoms with E-state index >= 15 is 0 Å². The Bertz CT molecular complexity index is 592. The summed E-state index contributed by atoms with van der Waals surface area (Å²) in [5, 5.41) is 22.0. The number of non-ortho nitro benzene ring substituents is 1. The Kier molecular flexibility index (Phi) is 3.46. The van der Waals surface area contributed by atoms with Crippen LogP contribution in [0.25, 0.3) is 0 Å². The lowest BCUT2D eigenvalue weighted by Crippen LogP contribution is -2.50. The van der Waals surface area contributed by atoms with Gasteiger partial charge in [0.2, 0.25) is 0 Å². The number of piperazine rings is 1. The summed E-state index contributed by atoms with van der Waals surface area (Å²) >= 11 is 0. The van der Waals surface area contributed by atoms with Gasteiger partial charge in [0.15, 0.2) is 0 Å². The molecule has 2 heterocycles. The summed E-state index contributed by atoms with van der Waals surface area (Å²) in [7, 11) is 0. The molecule has 1 atom stereocenters. The van der Waals surface area contributed by atoms with Crippen LogP contribution in [0.3, 0.4) is 0 Å². The van der Waals surface area contributed by atoms with Gasteiger partial charge in [-0.1, -0.05) is 0 Å². The fourth-order valence-corrected chi connectivity index (χ4v) is 3.25. The molecule has 8 heteroatoms. The Balaban J connectivity index is 1.90. The molecule has 21 heavy (non-hydrogen) atoms. The number of hydrogen-bond donors (Lipinski definition) is 0. The molecule has 0 aliphatic carbocycles. The van der Waals surface area contributed by atoms with Crippen LogP contribution < -0.4 is 4.90 Å². The number of nitrogens with zero attached hydrogens (tertiary/aromatic N) is 4. The van der Waals surface area contributed by atoms with Crippen molar-refractivity contribution >= 4 is 17.1 Å². The van der Waals surface area contributed by atoms with Crippen LogP contribution in [0.4, 0.5) is 17.1 Å². The van der Waals surface area contributed by atoms with Gasteiger partial charge in [-0.05, 0) is 25.5 Å². The van der Waals surface area contributed by atoms with Crippen LogP contribution in [0.15, 0.2) is 18.2 Å². The Morgan fingerprint density at radius 2 is 1.90 bits per heavy atom. The van der Waals surface area contributed by atoms with Crippen molar-refractivity contribution in [2.45, 2.75) is 18.9 Å². The first-order chi connectivity index (χ1) is 10.1. The Hall–Kier alpha value is -2.22. The van der Waals surface area contributed by atoms with Gasteiger partial charge in [-0.2, -0.15) is 0 Å². The first-order valence-electron chi connectivity index (χ1n) is 6.98. The number of hydrogen-bond acceptors (Lipinski definition) is 6. The summed E-state index contributed by atoms with van der Waals surface area (Å²) < 4.78 is 0. The minimum absolute atomic E-state index is 0.185. The molecule has 0 aromatic heterocycles. The van der Waals surface area contributed by atoms with E-state index in [1.165, 1.54) is 18.6 Å². The van der Waals surface area contributed by atoms with Crippen LogP contribution >= 0.6 is 0 Å². The molecule has 0 amide bonds. The highest BCUT2D eigenvalue weighted by Crippen LogP contribution is 2.34. The zero-order chi connectivity index (χ0) is 15.0. The lowest BCUT2D eigenvalue weighted by molar-refractivity contribution is -0.393. The molecular weight excluding hydrogens is 276 g/mol. The van der Waals surface area contributed by atoms with E-state index in [0.717, 1.165) is 38.7 Å². The fourth-order valence-electron chi connectivity index (χ4n) is 3.25. The second-order valence-corrected chi connectivity index (χ2v) is 5.47. The summed E-state index contributed by atoms with van der Waals surface area (Å²) in [4.78, 5) is 25.2. The molecule has 112 valence electrons. The highest BCUT2D eigenvalue weighted by atomic mass is 16.6. The van der Waals surface area contributed by atoms with Gasteiger partial charge in [-0.15, -0.1) is 0 Å². The van der Waals surface area contributed by atoms with Gasteiger partial charge in [-0.3, -0.25) is 25.1 Å². The molecule has 2 aliphatic heterocycles. The highest BCUT2D eigenvalue weighted by molar-refractivity contribution is 5.67. The molecule has 0 spiro atoms. The van der Waals surface area contributed by atoms with Crippen molar-refractivity contribution in [3.8, 4) is 0 Å². The van der Waals surface area contributed by atoms with Crippen molar-refractivity contribution in [3.05, 3.63) is 38.4 Å². The molecule has 2 aliphatic rings. The molecule has 8 nitrogen and oxygen atoms in total. The van der Waals surface area contributed by atoms with Gasteiger partial charge < -0.3 is 4.90 Å². The average Bonchev–Trinajstić information content (AvgIpc) is 2.93. The van der Waals surface area contributed by atoms with Crippen LogP contribution in [0.1, 0.15) is 12.8 Å². The second kappa shape index (κ2) is 5.28. The monoisotopic (exact) mass is 292 g/mol. The summed E-state index contributed by atoms with van der Waals surface area (Å²) in [5.41, 5.74) is 0.0535. The third-order valence-electron chi connectivity index (χ3n) is 4.29. The van der Waals surface area contributed by atoms with Crippen molar-refractivity contribution in [1.82, 2.24) is 4.90 Å². The lowest BCUT2D eigenvalue weighted by Gasteiger charge is -2.38. The van der Waals surface area contributed by atoms with E-state index in [-0.39, 0.29) is 11.4 Å². The number of anilines is 1. The van der Waals surface area contributed by atoms with Crippen molar-refractivity contribution in [2.75, 3.05) is 31.1 Å². The first-order valence-corrected chi connectivity index (χ1v) is 6.98. The fraction of sp³-hybridized carbons (Fsp3) is 0.538. The van der Waals surface area contributed by atoms with E-state index in [2.05, 4.69) is 4.90 Å². The van der Waals surface area contributed by atoms with E-state index in [0.29, 0.717) is 11.7 Å². The maximum Gasteiger partial charge on any atom is 0.299 e. The molecule has 1 aromatic rings. The molecule has 0 bridgehead atoms. The van der Waals surface area contributed by atoms with Crippen molar-refractivity contribution in [1.29, 1.82) is 0 Å². The molecule has 1 unspecified atom stereocenters. The van der Waals surface area contributed by atoms with Crippen LogP contribution in [0.5, 0.6) is 0 Å². The molecule has 0 radical (unpaired) electrons. The van der Waals surface area contributed by atoms with E-state index in [1.54, 1.807) is 0 Å². The zero-order valence-electron chi connectivity index (χ0n) is 11.5. The Morgan fingerprint density at radius 1 is 1.10 bits per heavy atom. The van der Waals surface area contributed by atoms with Crippen LogP contribution in [-0.4, -0.2) is 47.0 Å². The summed E-state index contributed by atoms with van der Waals surface area (Å²) in [5.74, 6) is 0. The van der Waals surface area contributed by atoms with Gasteiger partial charge in [0.1, 0.15) is 5.69 Å². The quantitative estimate of drug-likeness (QED) is 0.623. The van der Waals surface area contributed by atoms with Gasteiger partial charge in [0.05, 0.1) is 15.9 Å². The topological polar surface area (TPSA) is 92.8 Å². The summed E-state index contributed by atoms with van der Waals surface area (Å²) in [6, 6.07) is 4.33. The third-order valence-corrected chi connectivity index (χ3v) is 4.29. The predicted molar refractivity (Wildman–Crippen MR) is 76.6 cm³/mol. The molecule has 0 N–H and O–H groups in total. The molecule has 2 saturated heterocycles. The van der Waals surface area contributed by atoms with Crippen molar-refractivity contribution in [3.63, 3.8) is 0 Å². The van der Waals surface area contributed by atoms with E-state index in [1.807, 2.05) is 4.90 Å². The van der Waals surface area contributed by atoms with Crippen molar-refractivity contribution < 1.29 is 9.85 Å². The maximum atomic E-state index is 11.2. The normalized spacial score (nSPS) is 22.1. The second-order valence-electron chi connectivity index (χ2n) is 5.47. The SMILES string of the molecule is O=[N+]([O-])c1ccc(N2CCN3CCCC3C2)c([N+](=O)[O-])c1. The number of nitro benzene ring substituents is 2. The number of rotatable bonds is 3. The number of benzene rings is 1. The minimum atomic E-state index is -0.605. The van der Waals surface area contributed by atoms with E-state index in [9.17, 15) is 20.2 Å². The Labute approximate surface area is 121 Å². The third kappa shape index (κ3) is 2.54. The van der Waals surface area contributed by atoms with Gasteiger partial charge >= 0.3 is 0 Å². The predicted octanol–water partition coefficient (Wildman–Crippen LogP) is 1.79. The van der Waals surface area contributed by atoms with Crippen LogP contribution in [0.2, 0.25) is 0 Å². The number of fused-ring (bicyclic) bond motifs is 1. The Morgan fingerprint density at radius 3 is 2.62 bits per heavy atom. The van der Waals surface area contributed by atoms with Gasteiger partial charge in [0.25, 0.3) is 11.4 Å². The molecule has 1 aromatic carbocycles. The van der Waals surface area contributed by atoms with Gasteiger partial charge in [0, 0.05) is 31.7 Å². The van der Waals surface area contributed by atoms with Crippen LogP contribution in [-0.2, 0) is 0 Å². The van der Waals surface area contributed by atoms with Crippen LogP contribution in [0, 0.1) is 20.2 Å². The van der Waals surface area contributed by atoms with E-state index < -0.39 is 9.85 Å². The smallest absolute Gasteiger partial charge is 0.299 e. The average molecular weight is 292 g/mol. The first kappa shape index (κ1) is 13.7. The minimum Gasteiger partial charge on any atom is -0.363 e. The summed E-state index contributed by atoms with van der Waals surface area (Å²) in [6.45, 7) is 3.45. The maximum absolute atomic E-state index is 11.2. The molecule has 3 rings (SSSR count). The lowest BCUT2D eigenvalue weighted by atomic mass is 10.1. The van der Waals surface area contributed by atoms with E-state index in [4.69, 9.17) is 0 Å². The number of nitro groups is 2. The standard InChI is InChI=1S/C13H16N4O4/c18-16(19)10-3-4-12(13(8-10)17(20)21)15-7-6-14-5-1-2-11(14)9-15/h3-4,8,11H,1-2,5-7,9H2. The largest absolute Gasteiger partial charge is 0.363 e. The zero-order valence-corrected chi connectivity index (χ0v) is 11.5. The highest BCUT2D eigenvalue weighted by Gasteiger charge is 2.33.